The fourth-order valence-corrected chi connectivity index (χ4v) is 2.69. The molecule has 0 N–H and O–H groups in total. The van der Waals surface area contributed by atoms with E-state index in [1.54, 1.807) is 6.07 Å². The van der Waals surface area contributed by atoms with Crippen molar-refractivity contribution in [2.75, 3.05) is 0 Å². The summed E-state index contributed by atoms with van der Waals surface area (Å²) in [5, 5.41) is 9.03. The predicted molar refractivity (Wildman–Crippen MR) is 67.3 cm³/mol. The van der Waals surface area contributed by atoms with Gasteiger partial charge in [0, 0.05) is 0 Å². The first-order valence-electron chi connectivity index (χ1n) is 5.56. The normalized spacial score (nSPS) is 12.3. The first kappa shape index (κ1) is 15.3. The van der Waals surface area contributed by atoms with Gasteiger partial charge in [-0.05, 0) is 28.5 Å². The van der Waals surface area contributed by atoms with E-state index in [2.05, 4.69) is 0 Å². The summed E-state index contributed by atoms with van der Waals surface area (Å²) in [6, 6.07) is 7.62. The predicted octanol–water partition coefficient (Wildman–Crippen LogP) is 3.29. The van der Waals surface area contributed by atoms with Gasteiger partial charge in [-0.15, -0.1) is 0 Å². The van der Waals surface area contributed by atoms with Crippen LogP contribution in [0.15, 0.2) is 30.3 Å². The quantitative estimate of drug-likeness (QED) is 0.799. The highest BCUT2D eigenvalue weighted by Crippen LogP contribution is 2.30. The van der Waals surface area contributed by atoms with Crippen LogP contribution in [0.3, 0.4) is 0 Å². The number of benzene rings is 2. The Bertz CT molecular complexity index is 851. The number of fused-ring (bicyclic) bond motifs is 1. The van der Waals surface area contributed by atoms with Gasteiger partial charge in [0.05, 0.1) is 11.3 Å². The van der Waals surface area contributed by atoms with Crippen LogP contribution in [0.25, 0.3) is 10.8 Å². The monoisotopic (exact) mass is 317 g/mol. The average Bonchev–Trinajstić information content (AvgIpc) is 2.37. The second-order valence-electron chi connectivity index (χ2n) is 4.29. The zero-order valence-electron chi connectivity index (χ0n) is 10.3. The van der Waals surface area contributed by atoms with Crippen molar-refractivity contribution in [2.24, 2.45) is 0 Å². The van der Waals surface area contributed by atoms with Crippen molar-refractivity contribution in [1.29, 1.82) is 5.26 Å². The van der Waals surface area contributed by atoms with Gasteiger partial charge in [0.15, 0.2) is 0 Å². The van der Waals surface area contributed by atoms with Gasteiger partial charge in [-0.1, -0.05) is 18.2 Å². The van der Waals surface area contributed by atoms with Gasteiger partial charge < -0.3 is 0 Å². The van der Waals surface area contributed by atoms with E-state index in [0.29, 0.717) is 5.39 Å². The molecule has 2 rings (SSSR count). The molecule has 2 aromatic carbocycles. The lowest BCUT2D eigenvalue weighted by molar-refractivity contribution is -0.0437. The number of hydrogen-bond donors (Lipinski definition) is 0. The van der Waals surface area contributed by atoms with Crippen molar-refractivity contribution >= 4 is 20.6 Å². The van der Waals surface area contributed by atoms with E-state index in [0.717, 1.165) is 12.1 Å². The lowest BCUT2D eigenvalue weighted by Crippen LogP contribution is -2.24. The second-order valence-corrected chi connectivity index (χ2v) is 6.27. The lowest BCUT2D eigenvalue weighted by atomic mass is 10.0. The Morgan fingerprint density at radius 1 is 1.19 bits per heavy atom. The highest BCUT2D eigenvalue weighted by molar-refractivity contribution is 7.91. The molecule has 0 saturated carbocycles. The topological polar surface area (TPSA) is 57.9 Å². The summed E-state index contributed by atoms with van der Waals surface area (Å²) in [6.07, 6.45) is 0. The molecule has 0 radical (unpaired) electrons. The van der Waals surface area contributed by atoms with E-state index in [-0.39, 0.29) is 16.5 Å². The molecule has 0 aliphatic heterocycles. The van der Waals surface area contributed by atoms with Crippen LogP contribution < -0.4 is 0 Å². The third-order valence-corrected chi connectivity index (χ3v) is 4.27. The Balaban J connectivity index is 2.62. The van der Waals surface area contributed by atoms with Crippen molar-refractivity contribution in [1.82, 2.24) is 0 Å². The van der Waals surface area contributed by atoms with Crippen molar-refractivity contribution in [3.8, 4) is 6.07 Å². The van der Waals surface area contributed by atoms with Crippen LogP contribution in [-0.2, 0) is 15.6 Å². The van der Waals surface area contributed by atoms with Crippen LogP contribution in [0, 0.1) is 17.1 Å². The zero-order chi connectivity index (χ0) is 15.8. The van der Waals surface area contributed by atoms with Crippen LogP contribution in [-0.4, -0.2) is 13.9 Å². The van der Waals surface area contributed by atoms with E-state index in [4.69, 9.17) is 5.26 Å². The Kier molecular flexibility index (Phi) is 3.63. The largest absolute Gasteiger partial charge is 0.497 e. The Labute approximate surface area is 117 Å². The molecule has 0 aromatic heterocycles. The van der Waals surface area contributed by atoms with Gasteiger partial charge in [-0.25, -0.2) is 12.8 Å². The van der Waals surface area contributed by atoms with Gasteiger partial charge in [-0.2, -0.15) is 18.4 Å². The molecule has 0 spiro atoms. The maximum Gasteiger partial charge on any atom is 0.497 e. The average molecular weight is 317 g/mol. The minimum Gasteiger partial charge on any atom is -0.219 e. The summed E-state index contributed by atoms with van der Waals surface area (Å²) < 4.78 is 73.2. The van der Waals surface area contributed by atoms with Gasteiger partial charge in [0.2, 0.25) is 0 Å². The van der Waals surface area contributed by atoms with Gasteiger partial charge in [-0.3, -0.25) is 0 Å². The molecule has 0 aliphatic carbocycles. The molecule has 8 heteroatoms. The van der Waals surface area contributed by atoms with E-state index in [9.17, 15) is 26.0 Å². The fourth-order valence-electron chi connectivity index (χ4n) is 1.86. The van der Waals surface area contributed by atoms with E-state index >= 15 is 0 Å². The molecular formula is C13H7F4NO2S. The molecule has 0 unspecified atom stereocenters. The van der Waals surface area contributed by atoms with Gasteiger partial charge in [0.25, 0.3) is 9.84 Å². The lowest BCUT2D eigenvalue weighted by Gasteiger charge is -2.10. The molecule has 0 atom stereocenters. The van der Waals surface area contributed by atoms with Crippen molar-refractivity contribution in [3.63, 3.8) is 0 Å². The number of halogens is 4. The van der Waals surface area contributed by atoms with Crippen LogP contribution in [0.5, 0.6) is 0 Å². The Morgan fingerprint density at radius 2 is 1.86 bits per heavy atom. The third kappa shape index (κ3) is 2.83. The highest BCUT2D eigenvalue weighted by Gasteiger charge is 2.45. The number of sulfone groups is 1. The zero-order valence-corrected chi connectivity index (χ0v) is 11.1. The number of alkyl halides is 3. The molecule has 2 aromatic rings. The van der Waals surface area contributed by atoms with Gasteiger partial charge >= 0.3 is 5.51 Å². The second kappa shape index (κ2) is 5.00. The van der Waals surface area contributed by atoms with E-state index in [1.807, 2.05) is 0 Å². The van der Waals surface area contributed by atoms with Gasteiger partial charge in [0.1, 0.15) is 11.9 Å². The molecule has 0 amide bonds. The Morgan fingerprint density at radius 3 is 2.43 bits per heavy atom. The number of nitrogens with zero attached hydrogens (tertiary/aromatic N) is 1. The fraction of sp³-hybridized carbons (Fsp3) is 0.154. The van der Waals surface area contributed by atoms with Crippen LogP contribution >= 0.6 is 0 Å². The van der Waals surface area contributed by atoms with Crippen molar-refractivity contribution < 1.29 is 26.0 Å². The summed E-state index contributed by atoms with van der Waals surface area (Å²) in [7, 11) is -5.36. The molecular weight excluding hydrogens is 310 g/mol. The number of hydrogen-bond acceptors (Lipinski definition) is 3. The summed E-state index contributed by atoms with van der Waals surface area (Å²) in [5.41, 5.74) is -5.81. The highest BCUT2D eigenvalue weighted by atomic mass is 32.2. The molecule has 3 nitrogen and oxygen atoms in total. The molecule has 0 aliphatic rings. The smallest absolute Gasteiger partial charge is 0.219 e. The molecule has 110 valence electrons. The van der Waals surface area contributed by atoms with Crippen molar-refractivity contribution in [2.45, 2.75) is 11.3 Å². The van der Waals surface area contributed by atoms with Crippen LogP contribution in [0.2, 0.25) is 0 Å². The third-order valence-electron chi connectivity index (χ3n) is 2.88. The minimum absolute atomic E-state index is 0.0295. The van der Waals surface area contributed by atoms with Crippen LogP contribution in [0.1, 0.15) is 11.1 Å². The first-order chi connectivity index (χ1) is 9.65. The molecule has 21 heavy (non-hydrogen) atoms. The maximum absolute atomic E-state index is 13.6. The molecule has 0 fully saturated rings. The maximum atomic E-state index is 13.6. The van der Waals surface area contributed by atoms with Crippen molar-refractivity contribution in [3.05, 3.63) is 47.3 Å². The van der Waals surface area contributed by atoms with Crippen LogP contribution in [0.4, 0.5) is 17.6 Å². The standard InChI is InChI=1S/C13H7F4NO2S/c14-12-5-11-8(4-10(12)6-18)2-1-3-9(11)7-21(19,20)13(15,16)17/h1-5H,7H2. The summed E-state index contributed by atoms with van der Waals surface area (Å²) in [6.45, 7) is 0. The summed E-state index contributed by atoms with van der Waals surface area (Å²) in [5.74, 6) is -2.19. The molecule has 0 heterocycles. The summed E-state index contributed by atoms with van der Waals surface area (Å²) >= 11 is 0. The molecule has 0 bridgehead atoms. The number of nitriles is 1. The number of rotatable bonds is 2. The van der Waals surface area contributed by atoms with E-state index in [1.165, 1.54) is 18.2 Å². The molecule has 0 saturated heterocycles. The minimum atomic E-state index is -5.37. The summed E-state index contributed by atoms with van der Waals surface area (Å²) in [4.78, 5) is 0. The SMILES string of the molecule is N#Cc1cc2cccc(CS(=O)(=O)C(F)(F)F)c2cc1F. The van der Waals surface area contributed by atoms with E-state index < -0.39 is 26.9 Å². The first-order valence-corrected chi connectivity index (χ1v) is 7.21. The Hall–Kier alpha value is -2.14.